The highest BCUT2D eigenvalue weighted by molar-refractivity contribution is 6.31. The van der Waals surface area contributed by atoms with Gasteiger partial charge >= 0.3 is 0 Å². The molecule has 0 aliphatic heterocycles. The number of benzene rings is 1. The van der Waals surface area contributed by atoms with Crippen LogP contribution < -0.4 is 5.32 Å². The average molecular weight is 358 g/mol. The van der Waals surface area contributed by atoms with Crippen LogP contribution in [-0.4, -0.2) is 25.5 Å². The normalized spacial score (nSPS) is 10.9. The zero-order valence-electron chi connectivity index (χ0n) is 14.5. The molecule has 0 atom stereocenters. The Balaban J connectivity index is 1.71. The highest BCUT2D eigenvalue weighted by Crippen LogP contribution is 2.20. The molecule has 2 heterocycles. The first-order chi connectivity index (χ1) is 12.0. The van der Waals surface area contributed by atoms with Crippen LogP contribution in [0.15, 0.2) is 36.5 Å². The Labute approximate surface area is 151 Å². The Hall–Kier alpha value is -2.60. The van der Waals surface area contributed by atoms with Crippen LogP contribution in [0.4, 0.5) is 0 Å². The first kappa shape index (κ1) is 17.2. The SMILES string of the molecule is Cc1nn(Cc2cccc(C(=O)NCc3ccnn3C)c2)c(C)c1Cl. The Bertz CT molecular complexity index is 912. The monoisotopic (exact) mass is 357 g/mol. The lowest BCUT2D eigenvalue weighted by Crippen LogP contribution is -2.24. The van der Waals surface area contributed by atoms with Crippen molar-refractivity contribution in [1.29, 1.82) is 0 Å². The number of amides is 1. The molecule has 0 aliphatic carbocycles. The van der Waals surface area contributed by atoms with Crippen molar-refractivity contribution < 1.29 is 4.79 Å². The molecule has 1 N–H and O–H groups in total. The maximum absolute atomic E-state index is 12.4. The zero-order valence-corrected chi connectivity index (χ0v) is 15.2. The molecule has 0 saturated heterocycles. The number of aromatic nitrogens is 4. The van der Waals surface area contributed by atoms with Crippen molar-refractivity contribution >= 4 is 17.5 Å². The molecular formula is C18H20ClN5O. The Kier molecular flexibility index (Phi) is 4.90. The van der Waals surface area contributed by atoms with Gasteiger partial charge in [-0.15, -0.1) is 0 Å². The fraction of sp³-hybridized carbons (Fsp3) is 0.278. The number of rotatable bonds is 5. The van der Waals surface area contributed by atoms with Gasteiger partial charge in [0, 0.05) is 18.8 Å². The average Bonchev–Trinajstić information content (AvgIpc) is 3.12. The second kappa shape index (κ2) is 7.11. The summed E-state index contributed by atoms with van der Waals surface area (Å²) in [6, 6.07) is 9.41. The minimum Gasteiger partial charge on any atom is -0.346 e. The molecule has 130 valence electrons. The molecule has 1 amide bonds. The van der Waals surface area contributed by atoms with E-state index in [2.05, 4.69) is 15.5 Å². The quantitative estimate of drug-likeness (QED) is 0.763. The summed E-state index contributed by atoms with van der Waals surface area (Å²) in [5.41, 5.74) is 4.29. The largest absolute Gasteiger partial charge is 0.346 e. The van der Waals surface area contributed by atoms with Crippen LogP contribution in [0.5, 0.6) is 0 Å². The van der Waals surface area contributed by atoms with E-state index in [4.69, 9.17) is 11.6 Å². The van der Waals surface area contributed by atoms with Gasteiger partial charge in [-0.2, -0.15) is 10.2 Å². The van der Waals surface area contributed by atoms with Crippen LogP contribution in [0.1, 0.15) is 33.0 Å². The Morgan fingerprint density at radius 1 is 1.28 bits per heavy atom. The molecule has 0 radical (unpaired) electrons. The van der Waals surface area contributed by atoms with Gasteiger partial charge in [-0.3, -0.25) is 14.2 Å². The van der Waals surface area contributed by atoms with E-state index in [1.54, 1.807) is 16.9 Å². The molecular weight excluding hydrogens is 338 g/mol. The molecule has 3 rings (SSSR count). The van der Waals surface area contributed by atoms with Crippen molar-refractivity contribution in [3.05, 3.63) is 69.8 Å². The second-order valence-corrected chi connectivity index (χ2v) is 6.35. The van der Waals surface area contributed by atoms with Crippen LogP contribution in [0.3, 0.4) is 0 Å². The highest BCUT2D eigenvalue weighted by atomic mass is 35.5. The molecule has 0 aliphatic rings. The van der Waals surface area contributed by atoms with E-state index >= 15 is 0 Å². The summed E-state index contributed by atoms with van der Waals surface area (Å²) < 4.78 is 3.59. The third-order valence-corrected chi connectivity index (χ3v) is 4.71. The van der Waals surface area contributed by atoms with Gasteiger partial charge in [0.15, 0.2) is 0 Å². The summed E-state index contributed by atoms with van der Waals surface area (Å²) >= 11 is 6.19. The van der Waals surface area contributed by atoms with Crippen LogP contribution in [-0.2, 0) is 20.1 Å². The summed E-state index contributed by atoms with van der Waals surface area (Å²) in [6.45, 7) is 4.83. The summed E-state index contributed by atoms with van der Waals surface area (Å²) in [5, 5.41) is 12.1. The third kappa shape index (κ3) is 3.74. The van der Waals surface area contributed by atoms with Crippen molar-refractivity contribution in [2.45, 2.75) is 26.9 Å². The van der Waals surface area contributed by atoms with Crippen LogP contribution >= 0.6 is 11.6 Å². The third-order valence-electron chi connectivity index (χ3n) is 4.17. The van der Waals surface area contributed by atoms with E-state index in [1.165, 1.54) is 0 Å². The van der Waals surface area contributed by atoms with Gasteiger partial charge in [0.1, 0.15) is 0 Å². The van der Waals surface area contributed by atoms with Crippen LogP contribution in [0, 0.1) is 13.8 Å². The molecule has 7 heteroatoms. The number of hydrogen-bond acceptors (Lipinski definition) is 3. The summed E-state index contributed by atoms with van der Waals surface area (Å²) in [6.07, 6.45) is 1.71. The zero-order chi connectivity index (χ0) is 18.0. The molecule has 0 spiro atoms. The molecule has 6 nitrogen and oxygen atoms in total. The van der Waals surface area contributed by atoms with E-state index < -0.39 is 0 Å². The highest BCUT2D eigenvalue weighted by Gasteiger charge is 2.11. The first-order valence-electron chi connectivity index (χ1n) is 7.99. The number of nitrogens with zero attached hydrogens (tertiary/aromatic N) is 4. The fourth-order valence-corrected chi connectivity index (χ4v) is 2.80. The second-order valence-electron chi connectivity index (χ2n) is 5.97. The number of carbonyl (C=O) groups is 1. The molecule has 0 fully saturated rings. The predicted molar refractivity (Wildman–Crippen MR) is 96.6 cm³/mol. The summed E-state index contributed by atoms with van der Waals surface area (Å²) in [4.78, 5) is 12.4. The van der Waals surface area contributed by atoms with Crippen molar-refractivity contribution in [3.8, 4) is 0 Å². The van der Waals surface area contributed by atoms with Crippen LogP contribution in [0.2, 0.25) is 5.02 Å². The van der Waals surface area contributed by atoms with Crippen molar-refractivity contribution in [1.82, 2.24) is 24.9 Å². The molecule has 1 aromatic carbocycles. The lowest BCUT2D eigenvalue weighted by Gasteiger charge is -2.08. The Morgan fingerprint density at radius 3 is 2.72 bits per heavy atom. The first-order valence-corrected chi connectivity index (χ1v) is 8.37. The van der Waals surface area contributed by atoms with Gasteiger partial charge in [-0.05, 0) is 37.6 Å². The van der Waals surface area contributed by atoms with E-state index in [0.717, 1.165) is 22.6 Å². The number of aryl methyl sites for hydroxylation is 2. The van der Waals surface area contributed by atoms with Gasteiger partial charge in [0.05, 0.1) is 35.2 Å². The van der Waals surface area contributed by atoms with E-state index in [1.807, 2.05) is 49.8 Å². The van der Waals surface area contributed by atoms with E-state index in [0.29, 0.717) is 23.7 Å². The smallest absolute Gasteiger partial charge is 0.251 e. The number of halogens is 1. The molecule has 0 unspecified atom stereocenters. The summed E-state index contributed by atoms with van der Waals surface area (Å²) in [7, 11) is 1.85. The standard InChI is InChI=1S/C18H20ClN5O/c1-12-17(19)13(2)24(22-12)11-14-5-4-6-15(9-14)18(25)20-10-16-7-8-21-23(16)3/h4-9H,10-11H2,1-3H3,(H,20,25). The van der Waals surface area contributed by atoms with Gasteiger partial charge < -0.3 is 5.32 Å². The fourth-order valence-electron chi connectivity index (χ4n) is 2.66. The maximum Gasteiger partial charge on any atom is 0.251 e. The van der Waals surface area contributed by atoms with Crippen molar-refractivity contribution in [3.63, 3.8) is 0 Å². The van der Waals surface area contributed by atoms with Gasteiger partial charge in [-0.25, -0.2) is 0 Å². The lowest BCUT2D eigenvalue weighted by atomic mass is 10.1. The number of carbonyl (C=O) groups excluding carboxylic acids is 1. The number of nitrogens with one attached hydrogen (secondary N) is 1. The molecule has 25 heavy (non-hydrogen) atoms. The molecule has 0 saturated carbocycles. The molecule has 3 aromatic rings. The van der Waals surface area contributed by atoms with Crippen molar-refractivity contribution in [2.24, 2.45) is 7.05 Å². The minimum atomic E-state index is -0.116. The van der Waals surface area contributed by atoms with E-state index in [9.17, 15) is 4.79 Å². The van der Waals surface area contributed by atoms with Crippen LogP contribution in [0.25, 0.3) is 0 Å². The lowest BCUT2D eigenvalue weighted by molar-refractivity contribution is 0.0950. The maximum atomic E-state index is 12.4. The van der Waals surface area contributed by atoms with Gasteiger partial charge in [0.25, 0.3) is 5.91 Å². The van der Waals surface area contributed by atoms with E-state index in [-0.39, 0.29) is 5.91 Å². The van der Waals surface area contributed by atoms with Gasteiger partial charge in [-0.1, -0.05) is 23.7 Å². The predicted octanol–water partition coefficient (Wildman–Crippen LogP) is 2.87. The topological polar surface area (TPSA) is 64.7 Å². The molecule has 0 bridgehead atoms. The summed E-state index contributed by atoms with van der Waals surface area (Å²) in [5.74, 6) is -0.116. The van der Waals surface area contributed by atoms with Gasteiger partial charge in [0.2, 0.25) is 0 Å². The minimum absolute atomic E-state index is 0.116. The Morgan fingerprint density at radius 2 is 2.08 bits per heavy atom. The number of hydrogen-bond donors (Lipinski definition) is 1. The molecule has 2 aromatic heterocycles. The van der Waals surface area contributed by atoms with Crippen molar-refractivity contribution in [2.75, 3.05) is 0 Å².